The molecule has 30 heavy (non-hydrogen) atoms. The van der Waals surface area contributed by atoms with Crippen LogP contribution in [-0.2, 0) is 0 Å². The van der Waals surface area contributed by atoms with Gasteiger partial charge < -0.3 is 9.09 Å². The van der Waals surface area contributed by atoms with Crippen molar-refractivity contribution in [3.05, 3.63) is 70.8 Å². The minimum atomic E-state index is -0.815. The zero-order chi connectivity index (χ0) is 21.0. The number of para-hydroxylation sites is 2. The van der Waals surface area contributed by atoms with E-state index in [1.807, 2.05) is 38.1 Å². The average Bonchev–Trinajstić information content (AvgIpc) is 3.35. The minimum Gasteiger partial charge on any atom is -0.332 e. The number of nitrogens with zero attached hydrogens (tertiary/aromatic N) is 5. The Labute approximate surface area is 168 Å². The van der Waals surface area contributed by atoms with Crippen LogP contribution in [0.25, 0.3) is 39.5 Å². The molecule has 0 aliphatic carbocycles. The summed E-state index contributed by atoms with van der Waals surface area (Å²) in [5, 5.41) is 3.78. The van der Waals surface area contributed by atoms with E-state index in [2.05, 4.69) is 15.1 Å². The van der Waals surface area contributed by atoms with Gasteiger partial charge >= 0.3 is 0 Å². The number of rotatable bonds is 3. The molecule has 2 aromatic carbocycles. The van der Waals surface area contributed by atoms with E-state index in [-0.39, 0.29) is 40.1 Å². The highest BCUT2D eigenvalue weighted by atomic mass is 19.1. The number of imidazole rings is 1. The van der Waals surface area contributed by atoms with E-state index in [9.17, 15) is 13.6 Å². The molecule has 0 radical (unpaired) electrons. The average molecular weight is 407 g/mol. The van der Waals surface area contributed by atoms with E-state index in [0.717, 1.165) is 23.2 Å². The molecule has 3 heterocycles. The number of hydrogen-bond donors (Lipinski definition) is 0. The Morgan fingerprint density at radius 3 is 2.57 bits per heavy atom. The molecule has 0 fully saturated rings. The summed E-state index contributed by atoms with van der Waals surface area (Å²) >= 11 is 0. The van der Waals surface area contributed by atoms with Gasteiger partial charge in [-0.25, -0.2) is 13.8 Å². The fraction of sp³-hybridized carbons (Fsp3) is 0.143. The maximum atomic E-state index is 14.1. The highest BCUT2D eigenvalue weighted by molar-refractivity contribution is 5.83. The molecule has 0 spiro atoms. The third-order valence-electron chi connectivity index (χ3n) is 4.91. The molecule has 0 amide bonds. The molecular weight excluding hydrogens is 392 g/mol. The molecule has 0 aliphatic rings. The van der Waals surface area contributed by atoms with E-state index >= 15 is 0 Å². The molecule has 3 aromatic heterocycles. The summed E-state index contributed by atoms with van der Waals surface area (Å²) in [7, 11) is 0. The summed E-state index contributed by atoms with van der Waals surface area (Å²) in [6.45, 7) is 3.84. The normalized spacial score (nSPS) is 11.8. The van der Waals surface area contributed by atoms with E-state index in [0.29, 0.717) is 0 Å². The standard InChI is InChI=1S/C21H15F2N5O2/c1-11(2)28-16-6-4-3-5-15(16)27-10-24-17(18(27)21(28)29)20-25-19(26-30-20)13-8-7-12(22)9-14(13)23/h3-11H,1-2H3. The zero-order valence-corrected chi connectivity index (χ0v) is 16.0. The van der Waals surface area contributed by atoms with Crippen molar-refractivity contribution in [3.63, 3.8) is 0 Å². The summed E-state index contributed by atoms with van der Waals surface area (Å²) in [5.74, 6) is -1.61. The van der Waals surface area contributed by atoms with Crippen molar-refractivity contribution >= 4 is 16.6 Å². The number of hydrogen-bond acceptors (Lipinski definition) is 5. The van der Waals surface area contributed by atoms with Gasteiger partial charge in [0.05, 0.1) is 16.6 Å². The molecule has 5 aromatic rings. The summed E-state index contributed by atoms with van der Waals surface area (Å²) in [5.41, 5.74) is 1.76. The van der Waals surface area contributed by atoms with Crippen molar-refractivity contribution in [2.45, 2.75) is 19.9 Å². The third kappa shape index (κ3) is 2.62. The molecule has 0 aliphatic heterocycles. The molecule has 0 bridgehead atoms. The highest BCUT2D eigenvalue weighted by Gasteiger charge is 2.23. The van der Waals surface area contributed by atoms with Crippen LogP contribution in [0.4, 0.5) is 8.78 Å². The summed E-state index contributed by atoms with van der Waals surface area (Å²) in [6.07, 6.45) is 1.52. The lowest BCUT2D eigenvalue weighted by molar-refractivity contribution is 0.431. The van der Waals surface area contributed by atoms with Crippen LogP contribution in [0.2, 0.25) is 0 Å². The Kier molecular flexibility index (Phi) is 3.99. The Hall–Kier alpha value is -3.88. The van der Waals surface area contributed by atoms with Gasteiger partial charge in [0.15, 0.2) is 5.69 Å². The zero-order valence-electron chi connectivity index (χ0n) is 16.0. The van der Waals surface area contributed by atoms with Gasteiger partial charge in [-0.15, -0.1) is 0 Å². The van der Waals surface area contributed by atoms with E-state index < -0.39 is 11.6 Å². The fourth-order valence-corrected chi connectivity index (χ4v) is 3.60. The lowest BCUT2D eigenvalue weighted by Crippen LogP contribution is -2.24. The first-order valence-corrected chi connectivity index (χ1v) is 9.25. The van der Waals surface area contributed by atoms with Crippen LogP contribution in [0.3, 0.4) is 0 Å². The second kappa shape index (κ2) is 6.58. The van der Waals surface area contributed by atoms with E-state index in [1.54, 1.807) is 8.97 Å². The number of aromatic nitrogens is 5. The van der Waals surface area contributed by atoms with Crippen molar-refractivity contribution in [2.24, 2.45) is 0 Å². The van der Waals surface area contributed by atoms with Gasteiger partial charge in [0, 0.05) is 12.1 Å². The van der Waals surface area contributed by atoms with Crippen LogP contribution >= 0.6 is 0 Å². The topological polar surface area (TPSA) is 78.2 Å². The molecule has 150 valence electrons. The maximum absolute atomic E-state index is 14.1. The van der Waals surface area contributed by atoms with Crippen molar-refractivity contribution < 1.29 is 13.3 Å². The fourth-order valence-electron chi connectivity index (χ4n) is 3.60. The van der Waals surface area contributed by atoms with Crippen molar-refractivity contribution in [2.75, 3.05) is 0 Å². The Balaban J connectivity index is 1.75. The lowest BCUT2D eigenvalue weighted by Gasteiger charge is -2.15. The third-order valence-corrected chi connectivity index (χ3v) is 4.91. The van der Waals surface area contributed by atoms with Gasteiger partial charge in [-0.3, -0.25) is 9.20 Å². The first kappa shape index (κ1) is 18.2. The Morgan fingerprint density at radius 1 is 1.07 bits per heavy atom. The lowest BCUT2D eigenvalue weighted by atomic mass is 10.2. The first-order valence-electron chi connectivity index (χ1n) is 9.25. The van der Waals surface area contributed by atoms with Crippen LogP contribution < -0.4 is 5.56 Å². The van der Waals surface area contributed by atoms with Crippen LogP contribution in [-0.4, -0.2) is 24.1 Å². The van der Waals surface area contributed by atoms with E-state index in [4.69, 9.17) is 4.52 Å². The second-order valence-corrected chi connectivity index (χ2v) is 7.12. The summed E-state index contributed by atoms with van der Waals surface area (Å²) in [4.78, 5) is 21.8. The Bertz CT molecular complexity index is 1480. The molecule has 0 atom stereocenters. The predicted octanol–water partition coefficient (Wildman–Crippen LogP) is 4.23. The molecular formula is C21H15F2N5O2. The van der Waals surface area contributed by atoms with Crippen LogP contribution in [0.1, 0.15) is 19.9 Å². The molecule has 0 N–H and O–H groups in total. The number of fused-ring (bicyclic) bond motifs is 3. The quantitative estimate of drug-likeness (QED) is 0.447. The molecule has 0 saturated heterocycles. The second-order valence-electron chi connectivity index (χ2n) is 7.12. The molecule has 7 nitrogen and oxygen atoms in total. The summed E-state index contributed by atoms with van der Waals surface area (Å²) < 4.78 is 35.9. The van der Waals surface area contributed by atoms with Crippen molar-refractivity contribution in [1.82, 2.24) is 24.1 Å². The molecule has 0 unspecified atom stereocenters. The van der Waals surface area contributed by atoms with E-state index in [1.165, 1.54) is 12.4 Å². The minimum absolute atomic E-state index is 0.0139. The first-order chi connectivity index (χ1) is 14.5. The SMILES string of the molecule is CC(C)n1c(=O)c2c(-c3nc(-c4ccc(F)cc4F)no3)ncn2c2ccccc21. The smallest absolute Gasteiger partial charge is 0.279 e. The maximum Gasteiger partial charge on any atom is 0.279 e. The molecule has 9 heteroatoms. The van der Waals surface area contributed by atoms with Crippen molar-refractivity contribution in [3.8, 4) is 23.0 Å². The summed E-state index contributed by atoms with van der Waals surface area (Å²) in [6, 6.07) is 10.5. The van der Waals surface area contributed by atoms with Crippen LogP contribution in [0.5, 0.6) is 0 Å². The highest BCUT2D eigenvalue weighted by Crippen LogP contribution is 2.27. The monoisotopic (exact) mass is 407 g/mol. The van der Waals surface area contributed by atoms with Crippen LogP contribution in [0, 0.1) is 11.6 Å². The molecule has 5 rings (SSSR count). The van der Waals surface area contributed by atoms with Crippen LogP contribution in [0.15, 0.2) is 58.1 Å². The van der Waals surface area contributed by atoms with Gasteiger partial charge in [-0.1, -0.05) is 17.3 Å². The van der Waals surface area contributed by atoms with Gasteiger partial charge in [0.2, 0.25) is 5.82 Å². The van der Waals surface area contributed by atoms with Gasteiger partial charge in [-0.05, 0) is 38.1 Å². The van der Waals surface area contributed by atoms with Gasteiger partial charge in [-0.2, -0.15) is 4.98 Å². The number of halogens is 2. The van der Waals surface area contributed by atoms with Gasteiger partial charge in [0.25, 0.3) is 11.4 Å². The molecule has 0 saturated carbocycles. The number of benzene rings is 2. The predicted molar refractivity (Wildman–Crippen MR) is 106 cm³/mol. The largest absolute Gasteiger partial charge is 0.332 e. The van der Waals surface area contributed by atoms with Crippen molar-refractivity contribution in [1.29, 1.82) is 0 Å². The Morgan fingerprint density at radius 2 is 1.83 bits per heavy atom. The van der Waals surface area contributed by atoms with Gasteiger partial charge in [0.1, 0.15) is 23.5 Å².